The van der Waals surface area contributed by atoms with E-state index in [2.05, 4.69) is 10.2 Å². The molecule has 13 heavy (non-hydrogen) atoms. The molecule has 4 nitrogen and oxygen atoms in total. The van der Waals surface area contributed by atoms with Crippen LogP contribution in [-0.2, 0) is 12.7 Å². The fourth-order valence-electron chi connectivity index (χ4n) is 0.898. The first-order valence-electron chi connectivity index (χ1n) is 3.63. The molecule has 7 heteroatoms. The quantitative estimate of drug-likeness (QED) is 0.751. The molecule has 0 fully saturated rings. The monoisotopic (exact) mass is 194 g/mol. The van der Waals surface area contributed by atoms with Crippen LogP contribution in [-0.4, -0.2) is 20.8 Å². The summed E-state index contributed by atoms with van der Waals surface area (Å²) in [5, 5.41) is 6.51. The Bertz CT molecular complexity index is 278. The predicted octanol–water partition coefficient (Wildman–Crippen LogP) is 0.644. The molecule has 0 amide bonds. The average molecular weight is 194 g/mol. The fraction of sp³-hybridized carbons (Fsp3) is 0.667. The van der Waals surface area contributed by atoms with Crippen molar-refractivity contribution >= 4 is 0 Å². The van der Waals surface area contributed by atoms with Crippen LogP contribution in [0.1, 0.15) is 12.7 Å². The SMILES string of the molecule is CC(N)Cc1nncn1C(F)(F)F. The smallest absolute Gasteiger partial charge is 0.328 e. The summed E-state index contributed by atoms with van der Waals surface area (Å²) in [6.45, 7) is 1.61. The molecule has 1 atom stereocenters. The molecule has 0 saturated heterocycles. The minimum Gasteiger partial charge on any atom is -0.328 e. The Morgan fingerprint density at radius 1 is 1.62 bits per heavy atom. The van der Waals surface area contributed by atoms with Crippen LogP contribution in [0.4, 0.5) is 13.2 Å². The van der Waals surface area contributed by atoms with Crippen LogP contribution in [0.25, 0.3) is 0 Å². The summed E-state index contributed by atoms with van der Waals surface area (Å²) >= 11 is 0. The molecular formula is C6H9F3N4. The molecule has 1 rings (SSSR count). The lowest BCUT2D eigenvalue weighted by Crippen LogP contribution is -2.25. The molecule has 0 radical (unpaired) electrons. The van der Waals surface area contributed by atoms with E-state index in [1.165, 1.54) is 0 Å². The van der Waals surface area contributed by atoms with Gasteiger partial charge < -0.3 is 5.73 Å². The van der Waals surface area contributed by atoms with Crippen LogP contribution in [0.3, 0.4) is 0 Å². The van der Waals surface area contributed by atoms with Gasteiger partial charge in [-0.05, 0) is 6.92 Å². The van der Waals surface area contributed by atoms with E-state index in [1.54, 1.807) is 6.92 Å². The maximum atomic E-state index is 12.2. The molecule has 1 unspecified atom stereocenters. The summed E-state index contributed by atoms with van der Waals surface area (Å²) in [5.41, 5.74) is 5.35. The zero-order valence-electron chi connectivity index (χ0n) is 6.91. The van der Waals surface area contributed by atoms with E-state index in [4.69, 9.17) is 5.73 Å². The van der Waals surface area contributed by atoms with Gasteiger partial charge in [-0.15, -0.1) is 23.4 Å². The van der Waals surface area contributed by atoms with Crippen molar-refractivity contribution in [2.24, 2.45) is 5.73 Å². The van der Waals surface area contributed by atoms with E-state index in [0.717, 1.165) is 0 Å². The lowest BCUT2D eigenvalue weighted by molar-refractivity contribution is -0.205. The summed E-state index contributed by atoms with van der Waals surface area (Å²) < 4.78 is 36.6. The number of rotatable bonds is 2. The van der Waals surface area contributed by atoms with E-state index < -0.39 is 6.30 Å². The molecule has 0 aliphatic carbocycles. The molecule has 0 spiro atoms. The second kappa shape index (κ2) is 3.33. The van der Waals surface area contributed by atoms with Gasteiger partial charge in [0.2, 0.25) is 0 Å². The van der Waals surface area contributed by atoms with E-state index in [-0.39, 0.29) is 22.9 Å². The minimum atomic E-state index is -4.46. The van der Waals surface area contributed by atoms with Gasteiger partial charge in [0.15, 0.2) is 0 Å². The molecule has 0 aromatic carbocycles. The Kier molecular flexibility index (Phi) is 2.55. The normalized spacial score (nSPS) is 14.5. The van der Waals surface area contributed by atoms with Gasteiger partial charge in [0, 0.05) is 12.5 Å². The average Bonchev–Trinajstić information content (AvgIpc) is 2.31. The lowest BCUT2D eigenvalue weighted by Gasteiger charge is -2.10. The first-order chi connectivity index (χ1) is 5.91. The first-order valence-corrected chi connectivity index (χ1v) is 3.63. The molecule has 0 saturated carbocycles. The van der Waals surface area contributed by atoms with Gasteiger partial charge in [0.1, 0.15) is 12.2 Å². The Labute approximate surface area is 72.6 Å². The van der Waals surface area contributed by atoms with Crippen molar-refractivity contribution in [2.75, 3.05) is 0 Å². The molecular weight excluding hydrogens is 185 g/mol. The molecule has 1 heterocycles. The summed E-state index contributed by atoms with van der Waals surface area (Å²) in [6.07, 6.45) is -3.77. The van der Waals surface area contributed by atoms with Gasteiger partial charge >= 0.3 is 6.30 Å². The maximum absolute atomic E-state index is 12.2. The molecule has 1 aromatic heterocycles. The van der Waals surface area contributed by atoms with Gasteiger partial charge in [-0.1, -0.05) is 0 Å². The molecule has 1 aromatic rings. The second-order valence-electron chi connectivity index (χ2n) is 2.77. The number of alkyl halides is 3. The van der Waals surface area contributed by atoms with Gasteiger partial charge in [-0.3, -0.25) is 0 Å². The third-order valence-electron chi connectivity index (χ3n) is 1.40. The highest BCUT2D eigenvalue weighted by molar-refractivity contribution is 4.90. The van der Waals surface area contributed by atoms with Crippen molar-refractivity contribution in [3.05, 3.63) is 12.2 Å². The highest BCUT2D eigenvalue weighted by Crippen LogP contribution is 2.23. The second-order valence-corrected chi connectivity index (χ2v) is 2.77. The van der Waals surface area contributed by atoms with Crippen LogP contribution in [0.2, 0.25) is 0 Å². The van der Waals surface area contributed by atoms with Gasteiger partial charge in [0.25, 0.3) is 0 Å². The van der Waals surface area contributed by atoms with Gasteiger partial charge in [0.05, 0.1) is 0 Å². The summed E-state index contributed by atoms with van der Waals surface area (Å²) in [6, 6.07) is -0.370. The number of aromatic nitrogens is 3. The number of nitrogens with zero attached hydrogens (tertiary/aromatic N) is 3. The number of halogens is 3. The topological polar surface area (TPSA) is 56.7 Å². The Morgan fingerprint density at radius 3 is 2.69 bits per heavy atom. The molecule has 0 aliphatic heterocycles. The van der Waals surface area contributed by atoms with E-state index in [9.17, 15) is 13.2 Å². The molecule has 0 aliphatic rings. The predicted molar refractivity (Wildman–Crippen MR) is 38.7 cm³/mol. The summed E-state index contributed by atoms with van der Waals surface area (Å²) in [7, 11) is 0. The molecule has 2 N–H and O–H groups in total. The van der Waals surface area contributed by atoms with Crippen molar-refractivity contribution in [1.29, 1.82) is 0 Å². The van der Waals surface area contributed by atoms with Crippen LogP contribution < -0.4 is 5.73 Å². The van der Waals surface area contributed by atoms with Crippen LogP contribution in [0, 0.1) is 0 Å². The van der Waals surface area contributed by atoms with Gasteiger partial charge in [-0.2, -0.15) is 0 Å². The zero-order valence-corrected chi connectivity index (χ0v) is 6.91. The van der Waals surface area contributed by atoms with Crippen LogP contribution in [0.15, 0.2) is 6.33 Å². The van der Waals surface area contributed by atoms with Crippen molar-refractivity contribution in [3.63, 3.8) is 0 Å². The summed E-state index contributed by atoms with van der Waals surface area (Å²) in [5.74, 6) is -0.164. The third kappa shape index (κ3) is 2.41. The van der Waals surface area contributed by atoms with Crippen LogP contribution in [0.5, 0.6) is 0 Å². The summed E-state index contributed by atoms with van der Waals surface area (Å²) in [4.78, 5) is 0. The number of hydrogen-bond donors (Lipinski definition) is 1. The Balaban J connectivity index is 2.90. The molecule has 0 bridgehead atoms. The third-order valence-corrected chi connectivity index (χ3v) is 1.40. The first kappa shape index (κ1) is 9.97. The van der Waals surface area contributed by atoms with Crippen molar-refractivity contribution in [2.45, 2.75) is 25.7 Å². The van der Waals surface area contributed by atoms with Crippen LogP contribution >= 0.6 is 0 Å². The molecule has 74 valence electrons. The maximum Gasteiger partial charge on any atom is 0.491 e. The highest BCUT2D eigenvalue weighted by Gasteiger charge is 2.33. The van der Waals surface area contributed by atoms with E-state index >= 15 is 0 Å². The number of nitrogens with two attached hydrogens (primary N) is 1. The number of hydrogen-bond acceptors (Lipinski definition) is 3. The Hall–Kier alpha value is -1.11. The lowest BCUT2D eigenvalue weighted by atomic mass is 10.2. The highest BCUT2D eigenvalue weighted by atomic mass is 19.4. The van der Waals surface area contributed by atoms with E-state index in [1.807, 2.05) is 0 Å². The van der Waals surface area contributed by atoms with Crippen molar-refractivity contribution < 1.29 is 13.2 Å². The Morgan fingerprint density at radius 2 is 2.23 bits per heavy atom. The van der Waals surface area contributed by atoms with E-state index in [0.29, 0.717) is 6.33 Å². The van der Waals surface area contributed by atoms with Gasteiger partial charge in [-0.25, -0.2) is 4.57 Å². The van der Waals surface area contributed by atoms with Crippen molar-refractivity contribution in [1.82, 2.24) is 14.8 Å². The minimum absolute atomic E-state index is 0.0551. The fourth-order valence-corrected chi connectivity index (χ4v) is 0.898. The standard InChI is InChI=1S/C6H9F3N4/c1-4(10)2-5-12-11-3-13(5)6(7,8)9/h3-4H,2,10H2,1H3. The largest absolute Gasteiger partial charge is 0.491 e. The zero-order chi connectivity index (χ0) is 10.1. The van der Waals surface area contributed by atoms with Crippen molar-refractivity contribution in [3.8, 4) is 0 Å².